The van der Waals surface area contributed by atoms with Crippen molar-refractivity contribution in [1.29, 1.82) is 0 Å². The van der Waals surface area contributed by atoms with Crippen LogP contribution in [-0.2, 0) is 10.0 Å². The molecule has 1 aromatic carbocycles. The molecule has 0 aliphatic rings. The highest BCUT2D eigenvalue weighted by Gasteiger charge is 2.19. The van der Waals surface area contributed by atoms with Crippen molar-refractivity contribution in [3.63, 3.8) is 0 Å². The standard InChI is InChI=1S/C12H9ClN4O2S/c13-9-4-5-14-7-12(9)20(18,19)17-11-3-1-2-10-8(11)6-15-16-10/h1-7,17H,(H,15,16). The molecule has 20 heavy (non-hydrogen) atoms. The SMILES string of the molecule is O=S(=O)(Nc1cccc2[nH]ncc12)c1cnccc1Cl. The molecule has 0 amide bonds. The Morgan fingerprint density at radius 1 is 1.20 bits per heavy atom. The quantitative estimate of drug-likeness (QED) is 0.777. The monoisotopic (exact) mass is 308 g/mol. The number of aromatic amines is 1. The second kappa shape index (κ2) is 4.77. The Morgan fingerprint density at radius 2 is 2.05 bits per heavy atom. The predicted octanol–water partition coefficient (Wildman–Crippen LogP) is 2.41. The van der Waals surface area contributed by atoms with Crippen molar-refractivity contribution in [2.45, 2.75) is 4.90 Å². The number of H-pyrrole nitrogens is 1. The summed E-state index contributed by atoms with van der Waals surface area (Å²) >= 11 is 5.89. The van der Waals surface area contributed by atoms with Crippen LogP contribution in [0.1, 0.15) is 0 Å². The van der Waals surface area contributed by atoms with E-state index in [9.17, 15) is 8.42 Å². The topological polar surface area (TPSA) is 87.7 Å². The lowest BCUT2D eigenvalue weighted by atomic mass is 10.2. The Balaban J connectivity index is 2.06. The summed E-state index contributed by atoms with van der Waals surface area (Å²) in [7, 11) is -3.80. The number of hydrogen-bond donors (Lipinski definition) is 2. The molecule has 0 aliphatic carbocycles. The van der Waals surface area contributed by atoms with Gasteiger partial charge in [0.25, 0.3) is 10.0 Å². The van der Waals surface area contributed by atoms with E-state index in [1.54, 1.807) is 24.4 Å². The van der Waals surface area contributed by atoms with Crippen molar-refractivity contribution in [3.05, 3.63) is 47.9 Å². The second-order valence-corrected chi connectivity index (χ2v) is 6.11. The third-order valence-corrected chi connectivity index (χ3v) is 4.59. The number of rotatable bonds is 3. The maximum absolute atomic E-state index is 12.3. The van der Waals surface area contributed by atoms with Gasteiger partial charge in [0.15, 0.2) is 0 Å². The number of nitrogens with one attached hydrogen (secondary N) is 2. The maximum atomic E-state index is 12.3. The van der Waals surface area contributed by atoms with Gasteiger partial charge in [-0.25, -0.2) is 8.42 Å². The first-order chi connectivity index (χ1) is 9.58. The van der Waals surface area contributed by atoms with Crippen molar-refractivity contribution in [2.75, 3.05) is 4.72 Å². The number of fused-ring (bicyclic) bond motifs is 1. The minimum Gasteiger partial charge on any atom is -0.279 e. The molecule has 2 heterocycles. The molecule has 0 fully saturated rings. The lowest BCUT2D eigenvalue weighted by molar-refractivity contribution is 0.601. The van der Waals surface area contributed by atoms with Gasteiger partial charge in [0.1, 0.15) is 4.90 Å². The van der Waals surface area contributed by atoms with Crippen molar-refractivity contribution in [2.24, 2.45) is 0 Å². The maximum Gasteiger partial charge on any atom is 0.264 e. The summed E-state index contributed by atoms with van der Waals surface area (Å²) in [6.07, 6.45) is 4.19. The zero-order chi connectivity index (χ0) is 14.2. The van der Waals surface area contributed by atoms with Gasteiger partial charge in [-0.15, -0.1) is 0 Å². The van der Waals surface area contributed by atoms with E-state index in [0.717, 1.165) is 5.52 Å². The summed E-state index contributed by atoms with van der Waals surface area (Å²) in [6.45, 7) is 0. The van der Waals surface area contributed by atoms with Crippen LogP contribution in [0.3, 0.4) is 0 Å². The average Bonchev–Trinajstić information content (AvgIpc) is 2.88. The molecule has 0 bridgehead atoms. The summed E-state index contributed by atoms with van der Waals surface area (Å²) < 4.78 is 27.1. The van der Waals surface area contributed by atoms with E-state index in [0.29, 0.717) is 11.1 Å². The molecule has 0 saturated carbocycles. The number of benzene rings is 1. The fourth-order valence-corrected chi connectivity index (χ4v) is 3.33. The first-order valence-electron chi connectivity index (χ1n) is 5.62. The number of sulfonamides is 1. The molecule has 3 aromatic rings. The van der Waals surface area contributed by atoms with Crippen LogP contribution in [0.2, 0.25) is 5.02 Å². The van der Waals surface area contributed by atoms with Crippen molar-refractivity contribution >= 4 is 38.2 Å². The van der Waals surface area contributed by atoms with E-state index < -0.39 is 10.0 Å². The Kier molecular flexibility index (Phi) is 3.07. The molecule has 8 heteroatoms. The normalized spacial score (nSPS) is 11.7. The summed E-state index contributed by atoms with van der Waals surface area (Å²) in [6, 6.07) is 6.61. The summed E-state index contributed by atoms with van der Waals surface area (Å²) in [5.41, 5.74) is 1.17. The van der Waals surface area contributed by atoms with Crippen LogP contribution >= 0.6 is 11.6 Å². The van der Waals surface area contributed by atoms with Crippen LogP contribution in [0, 0.1) is 0 Å². The molecule has 0 aliphatic heterocycles. The Bertz CT molecular complexity index is 876. The molecular weight excluding hydrogens is 300 g/mol. The number of pyridine rings is 1. The molecule has 3 rings (SSSR count). The van der Waals surface area contributed by atoms with Gasteiger partial charge in [-0.2, -0.15) is 5.10 Å². The smallest absolute Gasteiger partial charge is 0.264 e. The minimum atomic E-state index is -3.80. The molecule has 0 unspecified atom stereocenters. The third-order valence-electron chi connectivity index (χ3n) is 2.75. The third kappa shape index (κ3) is 2.21. The van der Waals surface area contributed by atoms with Crippen LogP contribution in [0.15, 0.2) is 47.8 Å². The molecule has 102 valence electrons. The highest BCUT2D eigenvalue weighted by atomic mass is 35.5. The van der Waals surface area contributed by atoms with Crippen LogP contribution in [0.25, 0.3) is 10.9 Å². The van der Waals surface area contributed by atoms with Gasteiger partial charge in [-0.05, 0) is 18.2 Å². The first kappa shape index (κ1) is 12.9. The Morgan fingerprint density at radius 3 is 2.85 bits per heavy atom. The second-order valence-electron chi connectivity index (χ2n) is 4.05. The molecule has 0 radical (unpaired) electrons. The highest BCUT2D eigenvalue weighted by molar-refractivity contribution is 7.92. The molecular formula is C12H9ClN4O2S. The number of nitrogens with zero attached hydrogens (tertiary/aromatic N) is 2. The van der Waals surface area contributed by atoms with Crippen LogP contribution in [-0.4, -0.2) is 23.6 Å². The van der Waals surface area contributed by atoms with Gasteiger partial charge in [0.05, 0.1) is 22.4 Å². The highest BCUT2D eigenvalue weighted by Crippen LogP contribution is 2.26. The molecule has 0 spiro atoms. The van der Waals surface area contributed by atoms with E-state index in [2.05, 4.69) is 19.9 Å². The van der Waals surface area contributed by atoms with Gasteiger partial charge < -0.3 is 0 Å². The molecule has 6 nitrogen and oxygen atoms in total. The van der Waals surface area contributed by atoms with E-state index in [-0.39, 0.29) is 9.92 Å². The Labute approximate surface area is 119 Å². The number of anilines is 1. The molecule has 2 aromatic heterocycles. The predicted molar refractivity (Wildman–Crippen MR) is 76.1 cm³/mol. The zero-order valence-corrected chi connectivity index (χ0v) is 11.6. The minimum absolute atomic E-state index is 0.0674. The van der Waals surface area contributed by atoms with Gasteiger partial charge in [-0.3, -0.25) is 14.8 Å². The largest absolute Gasteiger partial charge is 0.279 e. The van der Waals surface area contributed by atoms with Gasteiger partial charge >= 0.3 is 0 Å². The van der Waals surface area contributed by atoms with E-state index in [1.165, 1.54) is 18.5 Å². The van der Waals surface area contributed by atoms with Crippen molar-refractivity contribution in [1.82, 2.24) is 15.2 Å². The zero-order valence-electron chi connectivity index (χ0n) is 10.0. The summed E-state index contributed by atoms with van der Waals surface area (Å²) in [4.78, 5) is 3.72. The molecule has 0 atom stereocenters. The van der Waals surface area contributed by atoms with E-state index in [1.807, 2.05) is 0 Å². The lowest BCUT2D eigenvalue weighted by Crippen LogP contribution is -2.13. The molecule has 0 saturated heterocycles. The van der Waals surface area contributed by atoms with E-state index >= 15 is 0 Å². The molecule has 2 N–H and O–H groups in total. The van der Waals surface area contributed by atoms with Gasteiger partial charge in [-0.1, -0.05) is 17.7 Å². The average molecular weight is 309 g/mol. The first-order valence-corrected chi connectivity index (χ1v) is 7.48. The van der Waals surface area contributed by atoms with Crippen LogP contribution in [0.5, 0.6) is 0 Å². The fourth-order valence-electron chi connectivity index (χ4n) is 1.82. The van der Waals surface area contributed by atoms with Crippen LogP contribution < -0.4 is 4.72 Å². The van der Waals surface area contributed by atoms with Crippen molar-refractivity contribution < 1.29 is 8.42 Å². The van der Waals surface area contributed by atoms with Crippen LogP contribution in [0.4, 0.5) is 5.69 Å². The van der Waals surface area contributed by atoms with E-state index in [4.69, 9.17) is 11.6 Å². The fraction of sp³-hybridized carbons (Fsp3) is 0. The van der Waals surface area contributed by atoms with Crippen molar-refractivity contribution in [3.8, 4) is 0 Å². The van der Waals surface area contributed by atoms with Gasteiger partial charge in [0.2, 0.25) is 0 Å². The Hall–Kier alpha value is -2.12. The number of halogens is 1. The number of hydrogen-bond acceptors (Lipinski definition) is 4. The summed E-state index contributed by atoms with van der Waals surface area (Å²) in [5, 5.41) is 7.45. The lowest BCUT2D eigenvalue weighted by Gasteiger charge is -2.09. The summed E-state index contributed by atoms with van der Waals surface area (Å²) in [5.74, 6) is 0. The van der Waals surface area contributed by atoms with Gasteiger partial charge in [0, 0.05) is 17.8 Å². The number of aromatic nitrogens is 3.